The average molecular weight is 635 g/mol. The minimum Gasteiger partial charge on any atom is -1.00 e. The van der Waals surface area contributed by atoms with E-state index in [1.165, 1.54) is 28.7 Å². The number of halogens is 2. The molecule has 1 aliphatic heterocycles. The summed E-state index contributed by atoms with van der Waals surface area (Å²) in [5.74, 6) is 0.119. The average Bonchev–Trinajstić information content (AvgIpc) is 3.73. The van der Waals surface area contributed by atoms with Crippen LogP contribution in [0.25, 0.3) is 22.0 Å². The van der Waals surface area contributed by atoms with Crippen LogP contribution in [-0.2, 0) is 22.0 Å². The van der Waals surface area contributed by atoms with Crippen LogP contribution in [0.15, 0.2) is 85.5 Å². The largest absolute Gasteiger partial charge is 1.00 e. The van der Waals surface area contributed by atoms with Crippen molar-refractivity contribution >= 4 is 40.6 Å². The topological polar surface area (TPSA) is 86.7 Å². The van der Waals surface area contributed by atoms with Crippen molar-refractivity contribution in [2.75, 3.05) is 21.2 Å². The molecular formula is C32H28ClFN4O5S. The summed E-state index contributed by atoms with van der Waals surface area (Å²) in [5, 5.41) is 0.583. The van der Waals surface area contributed by atoms with Gasteiger partial charge in [0.2, 0.25) is 0 Å². The summed E-state index contributed by atoms with van der Waals surface area (Å²) in [7, 11) is 4.58. The van der Waals surface area contributed by atoms with Crippen molar-refractivity contribution < 1.29 is 45.2 Å². The van der Waals surface area contributed by atoms with Crippen LogP contribution in [0.5, 0.6) is 0 Å². The fourth-order valence-corrected chi connectivity index (χ4v) is 6.57. The number of hydrogen-bond donors (Lipinski definition) is 0. The molecule has 2 aromatic carbocycles. The molecule has 0 N–H and O–H groups in total. The SMILES string of the molecule is COC(=O)OC[n+]1cccc([C@H]2SCc3c(C(=O)c4cn(C(=O)N(C)C)c5cc(-c6ccc(F)cc6)ccc45)ccn32)c1.[Cl-]. The molecule has 5 aromatic rings. The minimum atomic E-state index is -0.760. The predicted octanol–water partition coefficient (Wildman–Crippen LogP) is 2.84. The number of fused-ring (bicyclic) bond motifs is 2. The lowest BCUT2D eigenvalue weighted by Crippen LogP contribution is -3.00. The Bertz CT molecular complexity index is 1890. The number of carbonyl (C=O) groups excluding carboxylic acids is 3. The number of rotatable bonds is 6. The molecule has 9 nitrogen and oxygen atoms in total. The zero-order valence-electron chi connectivity index (χ0n) is 24.1. The van der Waals surface area contributed by atoms with Gasteiger partial charge in [-0.25, -0.2) is 14.0 Å². The Morgan fingerprint density at radius 3 is 2.52 bits per heavy atom. The second kappa shape index (κ2) is 12.6. The summed E-state index contributed by atoms with van der Waals surface area (Å²) in [4.78, 5) is 40.1. The molecule has 4 heterocycles. The van der Waals surface area contributed by atoms with Gasteiger partial charge in [0.1, 0.15) is 11.2 Å². The highest BCUT2D eigenvalue weighted by atomic mass is 35.5. The van der Waals surface area contributed by atoms with Gasteiger partial charge in [0.15, 0.2) is 18.2 Å². The number of ether oxygens (including phenoxy) is 2. The van der Waals surface area contributed by atoms with E-state index in [0.29, 0.717) is 27.8 Å². The first-order valence-electron chi connectivity index (χ1n) is 13.4. The molecular weight excluding hydrogens is 607 g/mol. The van der Waals surface area contributed by atoms with Crippen molar-refractivity contribution in [3.63, 3.8) is 0 Å². The predicted molar refractivity (Wildman–Crippen MR) is 159 cm³/mol. The van der Waals surface area contributed by atoms with Gasteiger partial charge < -0.3 is 31.3 Å². The second-order valence-corrected chi connectivity index (χ2v) is 11.4. The van der Waals surface area contributed by atoms with E-state index in [-0.39, 0.29) is 42.1 Å². The first-order chi connectivity index (χ1) is 20.7. The van der Waals surface area contributed by atoms with Gasteiger partial charge in [-0.1, -0.05) is 24.3 Å². The van der Waals surface area contributed by atoms with Crippen LogP contribution in [0.1, 0.15) is 32.6 Å². The van der Waals surface area contributed by atoms with Crippen LogP contribution >= 0.6 is 11.8 Å². The molecule has 12 heteroatoms. The molecule has 3 aromatic heterocycles. The Hall–Kier alpha value is -4.61. The maximum atomic E-state index is 14.1. The van der Waals surface area contributed by atoms with Crippen molar-refractivity contribution in [3.8, 4) is 11.1 Å². The monoisotopic (exact) mass is 634 g/mol. The van der Waals surface area contributed by atoms with Gasteiger partial charge in [-0.2, -0.15) is 4.57 Å². The highest BCUT2D eigenvalue weighted by molar-refractivity contribution is 7.99. The van der Waals surface area contributed by atoms with Gasteiger partial charge >= 0.3 is 12.2 Å². The quantitative estimate of drug-likeness (QED) is 0.162. The molecule has 0 saturated carbocycles. The van der Waals surface area contributed by atoms with E-state index in [1.807, 2.05) is 48.8 Å². The fraction of sp³-hybridized carbons (Fsp3) is 0.188. The molecule has 44 heavy (non-hydrogen) atoms. The van der Waals surface area contributed by atoms with Crippen molar-refractivity contribution in [1.29, 1.82) is 0 Å². The number of hydrogen-bond acceptors (Lipinski definition) is 6. The van der Waals surface area contributed by atoms with Gasteiger partial charge in [0, 0.05) is 66.1 Å². The molecule has 1 aliphatic rings. The smallest absolute Gasteiger partial charge is 0.512 e. The maximum absolute atomic E-state index is 14.1. The van der Waals surface area contributed by atoms with E-state index in [2.05, 4.69) is 9.30 Å². The molecule has 1 atom stereocenters. The third kappa shape index (κ3) is 5.68. The molecule has 1 amide bonds. The van der Waals surface area contributed by atoms with Crippen LogP contribution in [0.3, 0.4) is 0 Å². The Kier molecular flexibility index (Phi) is 8.80. The van der Waals surface area contributed by atoms with Crippen molar-refractivity contribution in [2.45, 2.75) is 17.9 Å². The fourth-order valence-electron chi connectivity index (χ4n) is 5.26. The van der Waals surface area contributed by atoms with Crippen LogP contribution in [-0.4, -0.2) is 53.2 Å². The van der Waals surface area contributed by atoms with Crippen molar-refractivity contribution in [3.05, 3.63) is 114 Å². The maximum Gasteiger partial charge on any atom is 0.512 e. The first-order valence-corrected chi connectivity index (χ1v) is 14.5. The van der Waals surface area contributed by atoms with Gasteiger partial charge in [-0.15, -0.1) is 11.8 Å². The summed E-state index contributed by atoms with van der Waals surface area (Å²) in [5.41, 5.74) is 5.07. The Labute approximate surface area is 263 Å². The molecule has 0 fully saturated rings. The minimum absolute atomic E-state index is 0. The Morgan fingerprint density at radius 1 is 1.05 bits per heavy atom. The lowest BCUT2D eigenvalue weighted by Gasteiger charge is -2.12. The number of methoxy groups -OCH3 is 1. The number of aromatic nitrogens is 3. The third-order valence-electron chi connectivity index (χ3n) is 7.38. The number of pyridine rings is 1. The zero-order valence-corrected chi connectivity index (χ0v) is 25.6. The number of amides is 1. The Balaban J connectivity index is 0.00000384. The van der Waals surface area contributed by atoms with Crippen LogP contribution in [0.4, 0.5) is 14.0 Å². The summed E-state index contributed by atoms with van der Waals surface area (Å²) >= 11 is 1.69. The molecule has 0 bridgehead atoms. The summed E-state index contributed by atoms with van der Waals surface area (Å²) in [6.45, 7) is 0.0127. The van der Waals surface area contributed by atoms with E-state index in [1.54, 1.807) is 55.0 Å². The summed E-state index contributed by atoms with van der Waals surface area (Å²) in [6, 6.07) is 17.1. The zero-order chi connectivity index (χ0) is 30.2. The van der Waals surface area contributed by atoms with E-state index in [0.717, 1.165) is 22.4 Å². The molecule has 0 saturated heterocycles. The molecule has 0 unspecified atom stereocenters. The highest BCUT2D eigenvalue weighted by Crippen LogP contribution is 2.42. The van der Waals surface area contributed by atoms with Crippen LogP contribution < -0.4 is 17.0 Å². The van der Waals surface area contributed by atoms with Crippen molar-refractivity contribution in [1.82, 2.24) is 14.0 Å². The van der Waals surface area contributed by atoms with E-state index in [9.17, 15) is 18.8 Å². The molecule has 0 aliphatic carbocycles. The third-order valence-corrected chi connectivity index (χ3v) is 8.64. The van der Waals surface area contributed by atoms with Gasteiger partial charge in [0.05, 0.1) is 12.6 Å². The lowest BCUT2D eigenvalue weighted by atomic mass is 10.00. The van der Waals surface area contributed by atoms with Crippen LogP contribution in [0.2, 0.25) is 0 Å². The molecule has 226 valence electrons. The summed E-state index contributed by atoms with van der Waals surface area (Å²) < 4.78 is 28.4. The number of benzene rings is 2. The van der Waals surface area contributed by atoms with E-state index in [4.69, 9.17) is 4.74 Å². The van der Waals surface area contributed by atoms with E-state index >= 15 is 0 Å². The first kappa shape index (κ1) is 30.8. The van der Waals surface area contributed by atoms with Gasteiger partial charge in [-0.05, 0) is 41.5 Å². The van der Waals surface area contributed by atoms with Crippen molar-refractivity contribution in [2.24, 2.45) is 0 Å². The standard InChI is InChI=1S/C32H28FN4O5S.ClH/c1-34(2)31(39)37-17-26(24-11-8-21(15-27(24)37)20-6-9-23(33)10-7-20)29(38)25-12-14-36-28(25)18-43-30(36)22-5-4-13-35(16-22)19-42-32(40)41-3;/h4-17,30H,18-19H2,1-3H3;1H/q+1;/p-1/t30-;/m1./s1. The second-order valence-electron chi connectivity index (χ2n) is 10.3. The lowest BCUT2D eigenvalue weighted by molar-refractivity contribution is -0.728. The van der Waals surface area contributed by atoms with Gasteiger partial charge in [0.25, 0.3) is 6.73 Å². The number of nitrogens with zero attached hydrogens (tertiary/aromatic N) is 4. The number of ketones is 1. The summed E-state index contributed by atoms with van der Waals surface area (Å²) in [6.07, 6.45) is 6.45. The molecule has 0 radical (unpaired) electrons. The molecule has 6 rings (SSSR count). The highest BCUT2D eigenvalue weighted by Gasteiger charge is 2.31. The number of carbonyl (C=O) groups is 3. The Morgan fingerprint density at radius 2 is 1.80 bits per heavy atom. The number of thioether (sulfide) groups is 1. The van der Waals surface area contributed by atoms with E-state index < -0.39 is 6.16 Å². The normalized spacial score (nSPS) is 13.7. The van der Waals surface area contributed by atoms with Gasteiger partial charge in [-0.3, -0.25) is 9.36 Å². The molecule has 0 spiro atoms. The van der Waals surface area contributed by atoms with Crippen LogP contribution in [0, 0.1) is 5.82 Å².